The number of benzene rings is 1. The summed E-state index contributed by atoms with van der Waals surface area (Å²) in [4.78, 5) is 23.1. The summed E-state index contributed by atoms with van der Waals surface area (Å²) >= 11 is 0. The van der Waals surface area contributed by atoms with E-state index in [4.69, 9.17) is 5.11 Å². The minimum atomic E-state index is -1.19. The summed E-state index contributed by atoms with van der Waals surface area (Å²) in [6.07, 6.45) is 3.06. The van der Waals surface area contributed by atoms with Crippen LogP contribution in [0.25, 0.3) is 11.1 Å². The van der Waals surface area contributed by atoms with Gasteiger partial charge in [0.05, 0.1) is 0 Å². The fourth-order valence-corrected chi connectivity index (χ4v) is 1.79. The number of carbonyl (C=O) groups is 1. The third-order valence-electron chi connectivity index (χ3n) is 2.76. The quantitative estimate of drug-likeness (QED) is 0.899. The van der Waals surface area contributed by atoms with Gasteiger partial charge in [0.15, 0.2) is 0 Å². The monoisotopic (exact) mass is 243 g/mol. The van der Waals surface area contributed by atoms with Crippen LogP contribution in [0.4, 0.5) is 0 Å². The Balaban J connectivity index is 2.71. The van der Waals surface area contributed by atoms with Crippen LogP contribution >= 0.6 is 0 Å². The van der Waals surface area contributed by atoms with Crippen molar-refractivity contribution < 1.29 is 9.90 Å². The third kappa shape index (κ3) is 2.18. The van der Waals surface area contributed by atoms with E-state index in [2.05, 4.69) is 0 Å². The minimum absolute atomic E-state index is 0.196. The van der Waals surface area contributed by atoms with Gasteiger partial charge in [-0.2, -0.15) is 0 Å². The first-order valence-electron chi connectivity index (χ1n) is 5.66. The molecule has 2 rings (SSSR count). The van der Waals surface area contributed by atoms with Crippen LogP contribution in [0.2, 0.25) is 0 Å². The number of pyridine rings is 1. The van der Waals surface area contributed by atoms with Gasteiger partial charge in [-0.3, -0.25) is 4.79 Å². The second kappa shape index (κ2) is 4.87. The van der Waals surface area contributed by atoms with E-state index in [-0.39, 0.29) is 5.56 Å². The van der Waals surface area contributed by atoms with Crippen LogP contribution < -0.4 is 5.43 Å². The molecule has 0 aliphatic rings. The standard InChI is InChI=1S/C14H13NO3/c1-2-15-8-11(10-6-4-3-5-7-10)13(16)12(9-15)14(17)18/h3-9H,2H2,1H3,(H,17,18). The van der Waals surface area contributed by atoms with Crippen LogP contribution in [-0.2, 0) is 6.54 Å². The molecule has 0 fully saturated rings. The molecule has 1 heterocycles. The molecule has 2 aromatic rings. The second-order valence-corrected chi connectivity index (χ2v) is 3.92. The molecular weight excluding hydrogens is 230 g/mol. The van der Waals surface area contributed by atoms with Gasteiger partial charge in [0.2, 0.25) is 5.43 Å². The van der Waals surface area contributed by atoms with Gasteiger partial charge in [0, 0.05) is 24.5 Å². The number of carboxylic acids is 1. The molecule has 1 aromatic heterocycles. The largest absolute Gasteiger partial charge is 0.477 e. The summed E-state index contributed by atoms with van der Waals surface area (Å²) < 4.78 is 1.70. The van der Waals surface area contributed by atoms with Crippen LogP contribution in [0.15, 0.2) is 47.5 Å². The van der Waals surface area contributed by atoms with Crippen LogP contribution in [0.3, 0.4) is 0 Å². The van der Waals surface area contributed by atoms with Gasteiger partial charge in [0.1, 0.15) is 5.56 Å². The Labute approximate surface area is 104 Å². The van der Waals surface area contributed by atoms with Crippen molar-refractivity contribution in [2.24, 2.45) is 0 Å². The Bertz CT molecular complexity index is 629. The Kier molecular flexibility index (Phi) is 3.28. The van der Waals surface area contributed by atoms with Gasteiger partial charge in [-0.15, -0.1) is 0 Å². The van der Waals surface area contributed by atoms with E-state index >= 15 is 0 Å². The normalized spacial score (nSPS) is 10.3. The Hall–Kier alpha value is -2.36. The maximum absolute atomic E-state index is 12.1. The summed E-state index contributed by atoms with van der Waals surface area (Å²) in [6, 6.07) is 9.07. The number of rotatable bonds is 3. The SMILES string of the molecule is CCn1cc(C(=O)O)c(=O)c(-c2ccccc2)c1. The first kappa shape index (κ1) is 12.1. The Morgan fingerprint density at radius 2 is 1.89 bits per heavy atom. The number of aromatic carboxylic acids is 1. The van der Waals surface area contributed by atoms with Gasteiger partial charge >= 0.3 is 5.97 Å². The molecule has 92 valence electrons. The molecule has 4 heteroatoms. The van der Waals surface area contributed by atoms with Crippen molar-refractivity contribution in [3.05, 3.63) is 58.5 Å². The van der Waals surface area contributed by atoms with E-state index in [9.17, 15) is 9.59 Å². The molecule has 0 radical (unpaired) electrons. The van der Waals surface area contributed by atoms with Crippen molar-refractivity contribution in [3.63, 3.8) is 0 Å². The van der Waals surface area contributed by atoms with Crippen molar-refractivity contribution in [2.75, 3.05) is 0 Å². The van der Waals surface area contributed by atoms with E-state index < -0.39 is 11.4 Å². The zero-order valence-corrected chi connectivity index (χ0v) is 9.96. The molecule has 1 aromatic carbocycles. The average Bonchev–Trinajstić information content (AvgIpc) is 2.39. The lowest BCUT2D eigenvalue weighted by molar-refractivity contribution is 0.0694. The van der Waals surface area contributed by atoms with E-state index in [1.54, 1.807) is 22.9 Å². The summed E-state index contributed by atoms with van der Waals surface area (Å²) in [5, 5.41) is 9.04. The molecule has 0 atom stereocenters. The third-order valence-corrected chi connectivity index (χ3v) is 2.76. The van der Waals surface area contributed by atoms with E-state index in [1.165, 1.54) is 6.20 Å². The first-order chi connectivity index (χ1) is 8.63. The van der Waals surface area contributed by atoms with E-state index in [0.29, 0.717) is 12.1 Å². The van der Waals surface area contributed by atoms with Crippen LogP contribution in [-0.4, -0.2) is 15.6 Å². The zero-order valence-electron chi connectivity index (χ0n) is 9.96. The van der Waals surface area contributed by atoms with E-state index in [0.717, 1.165) is 5.56 Å². The van der Waals surface area contributed by atoms with Crippen molar-refractivity contribution in [1.82, 2.24) is 4.57 Å². The maximum Gasteiger partial charge on any atom is 0.341 e. The number of nitrogens with zero attached hydrogens (tertiary/aromatic N) is 1. The molecule has 0 amide bonds. The minimum Gasteiger partial charge on any atom is -0.477 e. The highest BCUT2D eigenvalue weighted by atomic mass is 16.4. The number of aryl methyl sites for hydroxylation is 1. The molecule has 0 bridgehead atoms. The fraction of sp³-hybridized carbons (Fsp3) is 0.143. The predicted molar refractivity (Wildman–Crippen MR) is 68.8 cm³/mol. The van der Waals surface area contributed by atoms with Gasteiger partial charge < -0.3 is 9.67 Å². The second-order valence-electron chi connectivity index (χ2n) is 3.92. The molecule has 0 aliphatic heterocycles. The summed E-state index contributed by atoms with van der Waals surface area (Å²) in [7, 11) is 0. The molecule has 0 saturated heterocycles. The zero-order chi connectivity index (χ0) is 13.1. The van der Waals surface area contributed by atoms with Gasteiger partial charge in [-0.1, -0.05) is 30.3 Å². The molecule has 4 nitrogen and oxygen atoms in total. The molecule has 1 N–H and O–H groups in total. The molecule has 0 spiro atoms. The molecule has 18 heavy (non-hydrogen) atoms. The topological polar surface area (TPSA) is 59.3 Å². The smallest absolute Gasteiger partial charge is 0.341 e. The Morgan fingerprint density at radius 1 is 1.22 bits per heavy atom. The summed E-state index contributed by atoms with van der Waals surface area (Å²) in [5.74, 6) is -1.19. The van der Waals surface area contributed by atoms with Crippen LogP contribution in [0, 0.1) is 0 Å². The lowest BCUT2D eigenvalue weighted by atomic mass is 10.1. The predicted octanol–water partition coefficient (Wildman–Crippen LogP) is 2.23. The van der Waals surface area contributed by atoms with Crippen LogP contribution in [0.1, 0.15) is 17.3 Å². The molecule has 0 aliphatic carbocycles. The van der Waals surface area contributed by atoms with Crippen LogP contribution in [0.5, 0.6) is 0 Å². The van der Waals surface area contributed by atoms with Crippen molar-refractivity contribution in [1.29, 1.82) is 0 Å². The number of carboxylic acid groups (broad SMARTS) is 1. The lowest BCUT2D eigenvalue weighted by Gasteiger charge is -2.08. The average molecular weight is 243 g/mol. The highest BCUT2D eigenvalue weighted by Gasteiger charge is 2.14. The fourth-order valence-electron chi connectivity index (χ4n) is 1.79. The van der Waals surface area contributed by atoms with Crippen molar-refractivity contribution >= 4 is 5.97 Å². The Morgan fingerprint density at radius 3 is 2.44 bits per heavy atom. The van der Waals surface area contributed by atoms with E-state index in [1.807, 2.05) is 25.1 Å². The molecule has 0 unspecified atom stereocenters. The van der Waals surface area contributed by atoms with Crippen molar-refractivity contribution in [3.8, 4) is 11.1 Å². The highest BCUT2D eigenvalue weighted by molar-refractivity contribution is 5.88. The first-order valence-corrected chi connectivity index (χ1v) is 5.66. The summed E-state index contributed by atoms with van der Waals surface area (Å²) in [5.41, 5.74) is 0.502. The van der Waals surface area contributed by atoms with Gasteiger partial charge in [-0.25, -0.2) is 4.79 Å². The maximum atomic E-state index is 12.1. The van der Waals surface area contributed by atoms with Gasteiger partial charge in [0.25, 0.3) is 0 Å². The van der Waals surface area contributed by atoms with Gasteiger partial charge in [-0.05, 0) is 12.5 Å². The lowest BCUT2D eigenvalue weighted by Crippen LogP contribution is -2.19. The molecular formula is C14H13NO3. The number of hydrogen-bond donors (Lipinski definition) is 1. The highest BCUT2D eigenvalue weighted by Crippen LogP contribution is 2.15. The van der Waals surface area contributed by atoms with Crippen molar-refractivity contribution in [2.45, 2.75) is 13.5 Å². The number of aromatic nitrogens is 1. The summed E-state index contributed by atoms with van der Waals surface area (Å²) in [6.45, 7) is 2.51. The molecule has 0 saturated carbocycles. The number of hydrogen-bond acceptors (Lipinski definition) is 2.